The molecule has 6 nitrogen and oxygen atoms in total. The lowest BCUT2D eigenvalue weighted by atomic mass is 10.1. The molecule has 6 heteroatoms. The number of aromatic nitrogens is 1. The van der Waals surface area contributed by atoms with Crippen molar-refractivity contribution in [2.75, 3.05) is 5.01 Å². The first-order valence-corrected chi connectivity index (χ1v) is 6.50. The van der Waals surface area contributed by atoms with Crippen LogP contribution in [0.2, 0.25) is 0 Å². The molecule has 1 aliphatic heterocycles. The van der Waals surface area contributed by atoms with Gasteiger partial charge in [0.25, 0.3) is 5.91 Å². The van der Waals surface area contributed by atoms with Crippen molar-refractivity contribution in [1.82, 2.24) is 4.98 Å². The van der Waals surface area contributed by atoms with E-state index in [4.69, 9.17) is 0 Å². The fraction of sp³-hybridized carbons (Fsp3) is 0. The summed E-state index contributed by atoms with van der Waals surface area (Å²) in [4.78, 5) is 27.8. The first-order valence-electron chi connectivity index (χ1n) is 6.50. The van der Waals surface area contributed by atoms with Gasteiger partial charge in [0.05, 0.1) is 11.3 Å². The van der Waals surface area contributed by atoms with E-state index in [1.54, 1.807) is 54.9 Å². The molecule has 1 aromatic carbocycles. The maximum absolute atomic E-state index is 12.5. The van der Waals surface area contributed by atoms with Gasteiger partial charge >= 0.3 is 5.97 Å². The van der Waals surface area contributed by atoms with Crippen LogP contribution in [0.3, 0.4) is 0 Å². The summed E-state index contributed by atoms with van der Waals surface area (Å²) in [5.74, 6) is -1.73. The second kappa shape index (κ2) is 5.61. The molecule has 1 aromatic heterocycles. The predicted molar refractivity (Wildman–Crippen MR) is 81.2 cm³/mol. The molecule has 1 aliphatic rings. The van der Waals surface area contributed by atoms with E-state index in [9.17, 15) is 14.7 Å². The van der Waals surface area contributed by atoms with E-state index in [1.807, 2.05) is 0 Å². The minimum absolute atomic E-state index is 0.0318. The van der Waals surface area contributed by atoms with Gasteiger partial charge in [-0.05, 0) is 29.8 Å². The third kappa shape index (κ3) is 2.49. The van der Waals surface area contributed by atoms with Crippen molar-refractivity contribution in [3.05, 3.63) is 66.0 Å². The number of nitrogens with zero attached hydrogens (tertiary/aromatic N) is 3. The lowest BCUT2D eigenvalue weighted by Gasteiger charge is -2.10. The summed E-state index contributed by atoms with van der Waals surface area (Å²) >= 11 is 0. The number of carboxylic acid groups (broad SMARTS) is 1. The van der Waals surface area contributed by atoms with Crippen LogP contribution in [0.25, 0.3) is 6.08 Å². The lowest BCUT2D eigenvalue weighted by Crippen LogP contribution is -2.22. The zero-order chi connectivity index (χ0) is 15.5. The number of para-hydroxylation sites is 1. The highest BCUT2D eigenvalue weighted by molar-refractivity contribution is 6.53. The monoisotopic (exact) mass is 293 g/mol. The normalized spacial score (nSPS) is 16.0. The highest BCUT2D eigenvalue weighted by atomic mass is 16.4. The number of pyridine rings is 1. The van der Waals surface area contributed by atoms with E-state index in [2.05, 4.69) is 10.1 Å². The van der Waals surface area contributed by atoms with E-state index in [-0.39, 0.29) is 11.3 Å². The molecule has 2 heterocycles. The largest absolute Gasteiger partial charge is 0.476 e. The van der Waals surface area contributed by atoms with Gasteiger partial charge in [-0.2, -0.15) is 10.1 Å². The van der Waals surface area contributed by atoms with E-state index >= 15 is 0 Å². The number of carbonyl (C=O) groups excluding carboxylic acids is 1. The molecule has 0 saturated carbocycles. The SMILES string of the molecule is O=C(O)C1=NN(c2ccccc2)C(=O)/C1=C/c1cccnc1. The number of rotatable bonds is 3. The van der Waals surface area contributed by atoms with Gasteiger partial charge in [-0.15, -0.1) is 0 Å². The number of amides is 1. The zero-order valence-corrected chi connectivity index (χ0v) is 11.4. The van der Waals surface area contributed by atoms with Gasteiger partial charge in [-0.3, -0.25) is 9.78 Å². The van der Waals surface area contributed by atoms with Crippen molar-refractivity contribution in [3.63, 3.8) is 0 Å². The average Bonchev–Trinajstić information content (AvgIpc) is 2.87. The Hall–Kier alpha value is -3.28. The van der Waals surface area contributed by atoms with Crippen LogP contribution in [-0.2, 0) is 9.59 Å². The van der Waals surface area contributed by atoms with Gasteiger partial charge in [0.15, 0.2) is 5.71 Å². The zero-order valence-electron chi connectivity index (χ0n) is 11.4. The summed E-state index contributed by atoms with van der Waals surface area (Å²) in [7, 11) is 0. The van der Waals surface area contributed by atoms with Crippen LogP contribution >= 0.6 is 0 Å². The third-order valence-electron chi connectivity index (χ3n) is 3.08. The quantitative estimate of drug-likeness (QED) is 0.877. The molecule has 0 atom stereocenters. The Balaban J connectivity index is 2.05. The summed E-state index contributed by atoms with van der Waals surface area (Å²) in [6.45, 7) is 0. The van der Waals surface area contributed by atoms with Gasteiger partial charge in [0, 0.05) is 12.4 Å². The molecule has 0 fully saturated rings. The Morgan fingerprint density at radius 1 is 1.14 bits per heavy atom. The van der Waals surface area contributed by atoms with Gasteiger partial charge in [0.2, 0.25) is 0 Å². The highest BCUT2D eigenvalue weighted by Crippen LogP contribution is 2.24. The molecule has 0 unspecified atom stereocenters. The predicted octanol–water partition coefficient (Wildman–Crippen LogP) is 1.95. The molecular weight excluding hydrogens is 282 g/mol. The first kappa shape index (κ1) is 13.7. The second-order valence-electron chi connectivity index (χ2n) is 4.55. The van der Waals surface area contributed by atoms with Crippen LogP contribution in [0.15, 0.2) is 65.5 Å². The lowest BCUT2D eigenvalue weighted by molar-refractivity contribution is -0.129. The fourth-order valence-electron chi connectivity index (χ4n) is 2.07. The number of hydrazone groups is 1. The number of benzene rings is 1. The van der Waals surface area contributed by atoms with Gasteiger partial charge in [-0.1, -0.05) is 24.3 Å². The van der Waals surface area contributed by atoms with Crippen LogP contribution < -0.4 is 5.01 Å². The van der Waals surface area contributed by atoms with E-state index in [0.717, 1.165) is 5.01 Å². The second-order valence-corrected chi connectivity index (χ2v) is 4.55. The van der Waals surface area contributed by atoms with Crippen molar-refractivity contribution < 1.29 is 14.7 Å². The topological polar surface area (TPSA) is 82.9 Å². The number of carbonyl (C=O) groups is 2. The van der Waals surface area contributed by atoms with Crippen molar-refractivity contribution in [2.24, 2.45) is 5.10 Å². The Morgan fingerprint density at radius 2 is 1.91 bits per heavy atom. The summed E-state index contributed by atoms with van der Waals surface area (Å²) in [5.41, 5.74) is 0.901. The minimum Gasteiger partial charge on any atom is -0.476 e. The first-order chi connectivity index (χ1) is 10.7. The molecule has 108 valence electrons. The molecule has 0 radical (unpaired) electrons. The van der Waals surface area contributed by atoms with Crippen LogP contribution in [0.5, 0.6) is 0 Å². The Labute approximate surface area is 126 Å². The van der Waals surface area contributed by atoms with E-state index < -0.39 is 11.9 Å². The van der Waals surface area contributed by atoms with Gasteiger partial charge in [-0.25, -0.2) is 4.79 Å². The van der Waals surface area contributed by atoms with Gasteiger partial charge in [0.1, 0.15) is 0 Å². The Kier molecular flexibility index (Phi) is 3.49. The maximum atomic E-state index is 12.5. The third-order valence-corrected chi connectivity index (χ3v) is 3.08. The molecule has 1 N–H and O–H groups in total. The minimum atomic E-state index is -1.25. The van der Waals surface area contributed by atoms with Crippen LogP contribution in [0.4, 0.5) is 5.69 Å². The standard InChI is InChI=1S/C16H11N3O3/c20-15-13(9-11-5-4-8-17-10-11)14(16(21)22)18-19(15)12-6-2-1-3-7-12/h1-10H,(H,21,22)/b13-9+. The van der Waals surface area contributed by atoms with Crippen molar-refractivity contribution in [3.8, 4) is 0 Å². The van der Waals surface area contributed by atoms with Crippen molar-refractivity contribution in [1.29, 1.82) is 0 Å². The number of hydrogen-bond acceptors (Lipinski definition) is 4. The van der Waals surface area contributed by atoms with Crippen LogP contribution in [-0.4, -0.2) is 27.7 Å². The smallest absolute Gasteiger partial charge is 0.357 e. The molecule has 3 rings (SSSR count). The number of anilines is 1. The molecule has 0 aliphatic carbocycles. The Morgan fingerprint density at radius 3 is 2.55 bits per heavy atom. The molecular formula is C16H11N3O3. The molecule has 2 aromatic rings. The summed E-state index contributed by atoms with van der Waals surface area (Å²) in [6, 6.07) is 12.1. The maximum Gasteiger partial charge on any atom is 0.357 e. The van der Waals surface area contributed by atoms with Gasteiger partial charge < -0.3 is 5.11 Å². The Bertz CT molecular complexity index is 783. The average molecular weight is 293 g/mol. The number of aliphatic carboxylic acids is 1. The molecule has 1 amide bonds. The molecule has 0 bridgehead atoms. The van der Waals surface area contributed by atoms with Crippen molar-refractivity contribution >= 4 is 29.4 Å². The number of hydrogen-bond donors (Lipinski definition) is 1. The fourth-order valence-corrected chi connectivity index (χ4v) is 2.07. The summed E-state index contributed by atoms with van der Waals surface area (Å²) < 4.78 is 0. The summed E-state index contributed by atoms with van der Waals surface area (Å²) in [5, 5.41) is 14.3. The van der Waals surface area contributed by atoms with Crippen LogP contribution in [0.1, 0.15) is 5.56 Å². The van der Waals surface area contributed by atoms with E-state index in [1.165, 1.54) is 6.08 Å². The van der Waals surface area contributed by atoms with E-state index in [0.29, 0.717) is 11.3 Å². The highest BCUT2D eigenvalue weighted by Gasteiger charge is 2.34. The van der Waals surface area contributed by atoms with Crippen LogP contribution in [0, 0.1) is 0 Å². The van der Waals surface area contributed by atoms with Crippen molar-refractivity contribution in [2.45, 2.75) is 0 Å². The molecule has 0 saturated heterocycles. The number of carboxylic acids is 1. The molecule has 22 heavy (non-hydrogen) atoms. The summed E-state index contributed by atoms with van der Waals surface area (Å²) in [6.07, 6.45) is 4.62. The molecule has 0 spiro atoms.